The molecule has 6 heteroatoms. The summed E-state index contributed by atoms with van der Waals surface area (Å²) in [6, 6.07) is 0. The van der Waals surface area contributed by atoms with Crippen LogP contribution in [0.4, 0.5) is 5.82 Å². The molecular formula is C14H20IN5. The molecule has 0 aliphatic heterocycles. The molecule has 0 unspecified atom stereocenters. The molecule has 1 N–H and O–H groups in total. The summed E-state index contributed by atoms with van der Waals surface area (Å²) in [5.41, 5.74) is 2.06. The van der Waals surface area contributed by atoms with E-state index in [1.807, 2.05) is 19.6 Å². The number of hydrogen-bond acceptors (Lipinski definition) is 4. The lowest BCUT2D eigenvalue weighted by atomic mass is 10.1. The summed E-state index contributed by atoms with van der Waals surface area (Å²) in [6.07, 6.45) is 4.59. The van der Waals surface area contributed by atoms with Gasteiger partial charge in [-0.15, -0.1) is 0 Å². The van der Waals surface area contributed by atoms with Crippen molar-refractivity contribution in [2.45, 2.75) is 33.7 Å². The number of hydrogen-bond donors (Lipinski definition) is 1. The first-order valence-electron chi connectivity index (χ1n) is 6.81. The Kier molecular flexibility index (Phi) is 4.95. The minimum atomic E-state index is 0.562. The van der Waals surface area contributed by atoms with Crippen LogP contribution < -0.4 is 5.32 Å². The highest BCUT2D eigenvalue weighted by molar-refractivity contribution is 14.1. The van der Waals surface area contributed by atoms with Crippen molar-refractivity contribution >= 4 is 28.4 Å². The topological polar surface area (TPSA) is 55.6 Å². The van der Waals surface area contributed by atoms with Gasteiger partial charge < -0.3 is 9.88 Å². The van der Waals surface area contributed by atoms with Crippen LogP contribution in [0.25, 0.3) is 11.5 Å². The zero-order valence-corrected chi connectivity index (χ0v) is 14.5. The Hall–Kier alpha value is -1.18. The van der Waals surface area contributed by atoms with E-state index in [1.165, 1.54) is 0 Å². The van der Waals surface area contributed by atoms with Crippen LogP contribution in [0.2, 0.25) is 0 Å². The fourth-order valence-corrected chi connectivity index (χ4v) is 2.79. The third-order valence-electron chi connectivity index (χ3n) is 3.04. The van der Waals surface area contributed by atoms with Crippen LogP contribution in [0.1, 0.15) is 26.5 Å². The molecule has 2 aromatic rings. The largest absolute Gasteiger partial charge is 0.372 e. The van der Waals surface area contributed by atoms with Gasteiger partial charge in [-0.25, -0.2) is 15.0 Å². The van der Waals surface area contributed by atoms with Crippen LogP contribution >= 0.6 is 22.6 Å². The van der Waals surface area contributed by atoms with Gasteiger partial charge in [-0.3, -0.25) is 0 Å². The molecule has 2 aromatic heterocycles. The van der Waals surface area contributed by atoms with Crippen LogP contribution in [0.15, 0.2) is 12.5 Å². The normalized spacial score (nSPS) is 11.1. The van der Waals surface area contributed by atoms with Crippen molar-refractivity contribution in [3.63, 3.8) is 0 Å². The van der Waals surface area contributed by atoms with Crippen molar-refractivity contribution in [1.29, 1.82) is 0 Å². The van der Waals surface area contributed by atoms with E-state index in [1.54, 1.807) is 0 Å². The molecule has 0 amide bonds. The third kappa shape index (κ3) is 3.11. The number of aryl methyl sites for hydroxylation is 1. The minimum Gasteiger partial charge on any atom is -0.372 e. The smallest absolute Gasteiger partial charge is 0.180 e. The lowest BCUT2D eigenvalue weighted by molar-refractivity contribution is 0.632. The molecule has 0 aliphatic carbocycles. The first kappa shape index (κ1) is 15.2. The molecule has 5 nitrogen and oxygen atoms in total. The lowest BCUT2D eigenvalue weighted by Crippen LogP contribution is -2.09. The standard InChI is InChI=1S/C14H20IN5/c1-5-20-8-17-7-11(20)13-18-10(6-9(2)3)12(15)14(16-4)19-13/h7-9H,5-6H2,1-4H3,(H,16,18,19). The van der Waals surface area contributed by atoms with Crippen LogP contribution in [0.3, 0.4) is 0 Å². The van der Waals surface area contributed by atoms with Crippen molar-refractivity contribution in [3.05, 3.63) is 21.8 Å². The van der Waals surface area contributed by atoms with Crippen LogP contribution in [0.5, 0.6) is 0 Å². The van der Waals surface area contributed by atoms with E-state index in [-0.39, 0.29) is 0 Å². The Morgan fingerprint density at radius 3 is 2.70 bits per heavy atom. The van der Waals surface area contributed by atoms with Gasteiger partial charge in [0.05, 0.1) is 21.8 Å². The highest BCUT2D eigenvalue weighted by Gasteiger charge is 2.15. The molecule has 0 aliphatic rings. The second-order valence-corrected chi connectivity index (χ2v) is 6.15. The van der Waals surface area contributed by atoms with Gasteiger partial charge in [-0.2, -0.15) is 0 Å². The minimum absolute atomic E-state index is 0.562. The summed E-state index contributed by atoms with van der Waals surface area (Å²) in [6.45, 7) is 7.35. The number of halogens is 1. The zero-order chi connectivity index (χ0) is 14.7. The molecular weight excluding hydrogens is 365 g/mol. The van der Waals surface area contributed by atoms with Gasteiger partial charge >= 0.3 is 0 Å². The van der Waals surface area contributed by atoms with E-state index in [0.29, 0.717) is 5.92 Å². The van der Waals surface area contributed by atoms with Gasteiger partial charge in [0.25, 0.3) is 0 Å². The monoisotopic (exact) mass is 385 g/mol. The first-order chi connectivity index (χ1) is 9.56. The summed E-state index contributed by atoms with van der Waals surface area (Å²) in [5.74, 6) is 2.19. The van der Waals surface area contributed by atoms with Crippen molar-refractivity contribution in [1.82, 2.24) is 19.5 Å². The average Bonchev–Trinajstić information content (AvgIpc) is 2.89. The summed E-state index contributed by atoms with van der Waals surface area (Å²) in [4.78, 5) is 13.6. The maximum absolute atomic E-state index is 4.75. The summed E-state index contributed by atoms with van der Waals surface area (Å²) < 4.78 is 3.16. The van der Waals surface area contributed by atoms with E-state index in [4.69, 9.17) is 4.98 Å². The number of nitrogens with zero attached hydrogens (tertiary/aromatic N) is 4. The Morgan fingerprint density at radius 1 is 1.35 bits per heavy atom. The van der Waals surface area contributed by atoms with Crippen molar-refractivity contribution < 1.29 is 0 Å². The molecule has 2 heterocycles. The summed E-state index contributed by atoms with van der Waals surface area (Å²) in [5, 5.41) is 3.16. The van der Waals surface area contributed by atoms with Gasteiger partial charge in [0.15, 0.2) is 5.82 Å². The SMILES string of the molecule is CCn1cncc1-c1nc(CC(C)C)c(I)c(NC)n1. The average molecular weight is 385 g/mol. The molecule has 0 spiro atoms. The summed E-state index contributed by atoms with van der Waals surface area (Å²) in [7, 11) is 1.89. The highest BCUT2D eigenvalue weighted by Crippen LogP contribution is 2.25. The molecule has 0 aromatic carbocycles. The number of aromatic nitrogens is 4. The van der Waals surface area contributed by atoms with Gasteiger partial charge in [0.1, 0.15) is 11.5 Å². The number of anilines is 1. The number of nitrogens with one attached hydrogen (secondary N) is 1. The van der Waals surface area contributed by atoms with E-state index in [9.17, 15) is 0 Å². The molecule has 0 radical (unpaired) electrons. The molecule has 0 fully saturated rings. The number of imidazole rings is 1. The quantitative estimate of drug-likeness (QED) is 0.804. The van der Waals surface area contributed by atoms with Crippen LogP contribution in [-0.4, -0.2) is 26.6 Å². The highest BCUT2D eigenvalue weighted by atomic mass is 127. The molecule has 0 saturated heterocycles. The van der Waals surface area contributed by atoms with Gasteiger partial charge in [0, 0.05) is 13.6 Å². The van der Waals surface area contributed by atoms with Gasteiger partial charge in [-0.1, -0.05) is 13.8 Å². The van der Waals surface area contributed by atoms with E-state index >= 15 is 0 Å². The first-order valence-corrected chi connectivity index (χ1v) is 7.89. The van der Waals surface area contributed by atoms with Crippen LogP contribution in [0, 0.1) is 9.49 Å². The van der Waals surface area contributed by atoms with E-state index < -0.39 is 0 Å². The lowest BCUT2D eigenvalue weighted by Gasteiger charge is -2.13. The van der Waals surface area contributed by atoms with E-state index in [0.717, 1.165) is 39.6 Å². The fraction of sp³-hybridized carbons (Fsp3) is 0.500. The second-order valence-electron chi connectivity index (χ2n) is 5.07. The van der Waals surface area contributed by atoms with Crippen molar-refractivity contribution in [3.8, 4) is 11.5 Å². The number of rotatable bonds is 5. The molecule has 0 bridgehead atoms. The maximum Gasteiger partial charge on any atom is 0.180 e. The molecule has 20 heavy (non-hydrogen) atoms. The Bertz CT molecular complexity index is 591. The zero-order valence-electron chi connectivity index (χ0n) is 12.3. The third-order valence-corrected chi connectivity index (χ3v) is 4.17. The molecule has 0 saturated carbocycles. The second kappa shape index (κ2) is 6.51. The maximum atomic E-state index is 4.75. The Labute approximate surface area is 133 Å². The van der Waals surface area contributed by atoms with E-state index in [2.05, 4.69) is 63.2 Å². The Morgan fingerprint density at radius 2 is 2.10 bits per heavy atom. The summed E-state index contributed by atoms with van der Waals surface area (Å²) >= 11 is 2.32. The molecule has 2 rings (SSSR count). The molecule has 108 valence electrons. The predicted octanol–water partition coefficient (Wildman–Crippen LogP) is 3.20. The fourth-order valence-electron chi connectivity index (χ4n) is 2.05. The van der Waals surface area contributed by atoms with Gasteiger partial charge in [0.2, 0.25) is 0 Å². The van der Waals surface area contributed by atoms with Gasteiger partial charge in [-0.05, 0) is 41.9 Å². The van der Waals surface area contributed by atoms with Crippen molar-refractivity contribution in [2.75, 3.05) is 12.4 Å². The predicted molar refractivity (Wildman–Crippen MR) is 89.7 cm³/mol. The van der Waals surface area contributed by atoms with Crippen LogP contribution in [-0.2, 0) is 13.0 Å². The van der Waals surface area contributed by atoms with Crippen molar-refractivity contribution in [2.24, 2.45) is 5.92 Å². The Balaban J connectivity index is 2.54. The molecule has 0 atom stereocenters.